The Morgan fingerprint density at radius 3 is 2.16 bits per heavy atom. The Balaban J connectivity index is 1.81. The molecular formula is C25H36O6Si. The minimum atomic E-state index is -2.24. The molecule has 1 aliphatic rings. The van der Waals surface area contributed by atoms with Crippen molar-refractivity contribution >= 4 is 8.07 Å². The summed E-state index contributed by atoms with van der Waals surface area (Å²) in [6, 6.07) is 15.0. The molecule has 0 aromatic heterocycles. The number of aliphatic hydroxyl groups is 5. The molecule has 1 aliphatic heterocycles. The Hall–Kier alpha value is -1.58. The van der Waals surface area contributed by atoms with Gasteiger partial charge in [0.2, 0.25) is 5.79 Å². The van der Waals surface area contributed by atoms with Gasteiger partial charge in [0.25, 0.3) is 0 Å². The lowest BCUT2D eigenvalue weighted by molar-refractivity contribution is -0.357. The van der Waals surface area contributed by atoms with Crippen LogP contribution in [0.2, 0.25) is 25.7 Å². The molecule has 0 bridgehead atoms. The van der Waals surface area contributed by atoms with Crippen molar-refractivity contribution in [1.82, 2.24) is 0 Å². The van der Waals surface area contributed by atoms with E-state index in [2.05, 4.69) is 43.9 Å². The molecule has 2 aromatic rings. The molecule has 1 saturated heterocycles. The zero-order valence-corrected chi connectivity index (χ0v) is 20.3. The second-order valence-corrected chi connectivity index (χ2v) is 15.8. The van der Waals surface area contributed by atoms with Crippen LogP contribution in [0.25, 0.3) is 0 Å². The van der Waals surface area contributed by atoms with Gasteiger partial charge in [0, 0.05) is 13.6 Å². The van der Waals surface area contributed by atoms with Crippen molar-refractivity contribution in [2.75, 3.05) is 6.61 Å². The van der Waals surface area contributed by atoms with Crippen molar-refractivity contribution in [1.29, 1.82) is 0 Å². The molecule has 2 aromatic carbocycles. The van der Waals surface area contributed by atoms with Crippen LogP contribution in [-0.2, 0) is 23.4 Å². The van der Waals surface area contributed by atoms with Crippen LogP contribution in [0.3, 0.4) is 0 Å². The molecule has 5 atom stereocenters. The topological polar surface area (TPSA) is 110 Å². The maximum Gasteiger partial charge on any atom is 0.222 e. The number of rotatable bonds is 7. The zero-order valence-electron chi connectivity index (χ0n) is 19.3. The maximum atomic E-state index is 11.1. The van der Waals surface area contributed by atoms with Gasteiger partial charge in [-0.1, -0.05) is 62.1 Å². The fourth-order valence-electron chi connectivity index (χ4n) is 4.04. The van der Waals surface area contributed by atoms with Crippen LogP contribution in [0.15, 0.2) is 42.5 Å². The van der Waals surface area contributed by atoms with Gasteiger partial charge < -0.3 is 30.3 Å². The van der Waals surface area contributed by atoms with E-state index in [0.29, 0.717) is 6.42 Å². The first-order valence-corrected chi connectivity index (χ1v) is 14.9. The fourth-order valence-corrected chi connectivity index (χ4v) is 5.08. The molecule has 32 heavy (non-hydrogen) atoms. The molecule has 0 aliphatic carbocycles. The van der Waals surface area contributed by atoms with E-state index in [-0.39, 0.29) is 5.56 Å². The number of hydrogen-bond acceptors (Lipinski definition) is 6. The van der Waals surface area contributed by atoms with Crippen molar-refractivity contribution in [3.05, 3.63) is 70.3 Å². The third-order valence-corrected chi connectivity index (χ3v) is 8.06. The fraction of sp³-hybridized carbons (Fsp3) is 0.520. The molecule has 0 saturated carbocycles. The first-order valence-electron chi connectivity index (χ1n) is 11.2. The largest absolute Gasteiger partial charge is 0.394 e. The summed E-state index contributed by atoms with van der Waals surface area (Å²) in [5.74, 6) is -2.24. The predicted molar refractivity (Wildman–Crippen MR) is 126 cm³/mol. The smallest absolute Gasteiger partial charge is 0.222 e. The van der Waals surface area contributed by atoms with Crippen LogP contribution >= 0.6 is 0 Å². The number of ether oxygens (including phenoxy) is 1. The molecule has 0 unspecified atom stereocenters. The number of benzene rings is 2. The van der Waals surface area contributed by atoms with Crippen molar-refractivity contribution < 1.29 is 30.3 Å². The highest BCUT2D eigenvalue weighted by molar-refractivity contribution is 6.76. The Morgan fingerprint density at radius 2 is 1.56 bits per heavy atom. The summed E-state index contributed by atoms with van der Waals surface area (Å²) in [7, 11) is -1.08. The molecule has 7 heteroatoms. The molecule has 0 radical (unpaired) electrons. The first kappa shape index (κ1) is 25.0. The van der Waals surface area contributed by atoms with Gasteiger partial charge in [0.1, 0.15) is 24.4 Å². The average Bonchev–Trinajstić information content (AvgIpc) is 2.75. The summed E-state index contributed by atoms with van der Waals surface area (Å²) in [5.41, 5.74) is 4.69. The van der Waals surface area contributed by atoms with Crippen LogP contribution < -0.4 is 0 Å². The number of aryl methyl sites for hydroxylation is 2. The molecule has 0 spiro atoms. The Kier molecular flexibility index (Phi) is 7.61. The summed E-state index contributed by atoms with van der Waals surface area (Å²) in [5, 5.41) is 51.2. The molecule has 6 nitrogen and oxygen atoms in total. The van der Waals surface area contributed by atoms with E-state index in [9.17, 15) is 25.5 Å². The quantitative estimate of drug-likeness (QED) is 0.405. The lowest BCUT2D eigenvalue weighted by Gasteiger charge is -2.45. The summed E-state index contributed by atoms with van der Waals surface area (Å²) >= 11 is 0. The Labute approximate surface area is 191 Å². The lowest BCUT2D eigenvalue weighted by Crippen LogP contribution is -2.63. The highest BCUT2D eigenvalue weighted by Gasteiger charge is 2.53. The second kappa shape index (κ2) is 9.73. The summed E-state index contributed by atoms with van der Waals surface area (Å²) in [6.45, 7) is 8.50. The van der Waals surface area contributed by atoms with Crippen LogP contribution in [0.5, 0.6) is 0 Å². The van der Waals surface area contributed by atoms with Crippen LogP contribution in [0.1, 0.15) is 27.8 Å². The third kappa shape index (κ3) is 5.48. The van der Waals surface area contributed by atoms with Gasteiger partial charge in [-0.25, -0.2) is 0 Å². The molecule has 1 heterocycles. The van der Waals surface area contributed by atoms with E-state index in [1.165, 1.54) is 11.6 Å². The molecule has 3 rings (SSSR count). The molecule has 176 valence electrons. The van der Waals surface area contributed by atoms with Crippen LogP contribution in [-0.4, -0.2) is 64.6 Å². The monoisotopic (exact) mass is 460 g/mol. The standard InChI is InChI=1S/C25H36O6Si/c1-16-5-10-20(25(30)24(29)23(28)22(27)21(15-26)31-25)14-19(16)13-18-8-6-17(7-9-18)11-12-32(2,3)4/h5-10,14,21-24,26-30H,11-13,15H2,1-4H3/t21-,22-,23+,24-,25-/m1/s1. The normalized spacial score (nSPS) is 28.7. The molecular weight excluding hydrogens is 424 g/mol. The maximum absolute atomic E-state index is 11.1. The van der Waals surface area contributed by atoms with Gasteiger partial charge in [0.15, 0.2) is 0 Å². The van der Waals surface area contributed by atoms with E-state index in [1.54, 1.807) is 12.1 Å². The predicted octanol–water partition coefficient (Wildman–Crippen LogP) is 2.09. The Morgan fingerprint density at radius 1 is 0.938 bits per heavy atom. The van der Waals surface area contributed by atoms with Gasteiger partial charge in [-0.3, -0.25) is 0 Å². The van der Waals surface area contributed by atoms with E-state index >= 15 is 0 Å². The second-order valence-electron chi connectivity index (χ2n) is 10.2. The zero-order chi connectivity index (χ0) is 23.7. The van der Waals surface area contributed by atoms with Crippen LogP contribution in [0.4, 0.5) is 0 Å². The summed E-state index contributed by atoms with van der Waals surface area (Å²) in [4.78, 5) is 0. The van der Waals surface area contributed by atoms with Crippen molar-refractivity contribution in [3.8, 4) is 0 Å². The average molecular weight is 461 g/mol. The number of hydrogen-bond donors (Lipinski definition) is 5. The van der Waals surface area contributed by atoms with E-state index in [1.807, 2.05) is 13.0 Å². The van der Waals surface area contributed by atoms with E-state index in [0.717, 1.165) is 23.1 Å². The molecule has 0 amide bonds. The van der Waals surface area contributed by atoms with Crippen molar-refractivity contribution in [2.45, 2.75) is 75.7 Å². The highest BCUT2D eigenvalue weighted by Crippen LogP contribution is 2.37. The minimum Gasteiger partial charge on any atom is -0.394 e. The van der Waals surface area contributed by atoms with E-state index < -0.39 is 44.9 Å². The van der Waals surface area contributed by atoms with E-state index in [4.69, 9.17) is 4.74 Å². The van der Waals surface area contributed by atoms with Gasteiger partial charge in [0.05, 0.1) is 6.61 Å². The van der Waals surface area contributed by atoms with Crippen molar-refractivity contribution in [2.24, 2.45) is 0 Å². The van der Waals surface area contributed by atoms with Gasteiger partial charge in [-0.2, -0.15) is 0 Å². The van der Waals surface area contributed by atoms with Gasteiger partial charge in [-0.05, 0) is 48.1 Å². The Bertz CT molecular complexity index is 908. The first-order chi connectivity index (χ1) is 14.9. The lowest BCUT2D eigenvalue weighted by atomic mass is 9.86. The number of aliphatic hydroxyl groups excluding tert-OH is 4. The third-order valence-electron chi connectivity index (χ3n) is 6.31. The van der Waals surface area contributed by atoms with Crippen molar-refractivity contribution in [3.63, 3.8) is 0 Å². The highest BCUT2D eigenvalue weighted by atomic mass is 28.3. The van der Waals surface area contributed by atoms with Gasteiger partial charge in [-0.15, -0.1) is 0 Å². The summed E-state index contributed by atoms with van der Waals surface area (Å²) < 4.78 is 5.47. The summed E-state index contributed by atoms with van der Waals surface area (Å²) in [6.07, 6.45) is -4.41. The molecule has 5 N–H and O–H groups in total. The molecule has 1 fully saturated rings. The minimum absolute atomic E-state index is 0.266. The van der Waals surface area contributed by atoms with Crippen LogP contribution in [0, 0.1) is 6.92 Å². The van der Waals surface area contributed by atoms with Gasteiger partial charge >= 0.3 is 0 Å². The SMILES string of the molecule is Cc1ccc([C@@]2(O)O[C@H](CO)[C@@H](O)[C@H](O)[C@H]2O)cc1Cc1ccc(CC[Si](C)(C)C)cc1.